The van der Waals surface area contributed by atoms with E-state index in [1.54, 1.807) is 13.0 Å². The molecule has 162 valence electrons. The summed E-state index contributed by atoms with van der Waals surface area (Å²) in [7, 11) is 0. The van der Waals surface area contributed by atoms with Crippen LogP contribution >= 0.6 is 0 Å². The second-order valence-electron chi connectivity index (χ2n) is 8.35. The first-order valence-electron chi connectivity index (χ1n) is 10.7. The summed E-state index contributed by atoms with van der Waals surface area (Å²) >= 11 is 0. The number of fused-ring (bicyclic) bond motifs is 1. The summed E-state index contributed by atoms with van der Waals surface area (Å²) in [5.41, 5.74) is 5.37. The average molecular weight is 421 g/mol. The Morgan fingerprint density at radius 1 is 1.13 bits per heavy atom. The van der Waals surface area contributed by atoms with Crippen molar-refractivity contribution in [3.63, 3.8) is 0 Å². The Labute approximate surface area is 182 Å². The number of Topliss-reactive ketones (excluding diaryl/α,β-unsaturated/α-hetero) is 1. The molecule has 0 saturated carbocycles. The van der Waals surface area contributed by atoms with Gasteiger partial charge >= 0.3 is 5.97 Å². The van der Waals surface area contributed by atoms with Gasteiger partial charge < -0.3 is 14.0 Å². The molecule has 2 aromatic heterocycles. The van der Waals surface area contributed by atoms with E-state index in [1.807, 2.05) is 45.0 Å². The summed E-state index contributed by atoms with van der Waals surface area (Å²) in [6.07, 6.45) is 2.31. The minimum absolute atomic E-state index is 0.192. The largest absolute Gasteiger partial charge is 0.454 e. The normalized spacial score (nSPS) is 16.1. The number of hydrogen-bond donors (Lipinski definition) is 0. The van der Waals surface area contributed by atoms with Gasteiger partial charge in [0.15, 0.2) is 6.61 Å². The number of hydrogen-bond acceptors (Lipinski definition) is 5. The fourth-order valence-corrected chi connectivity index (χ4v) is 4.24. The van der Waals surface area contributed by atoms with Crippen LogP contribution in [0.2, 0.25) is 0 Å². The van der Waals surface area contributed by atoms with Crippen LogP contribution in [0.25, 0.3) is 10.9 Å². The minimum Gasteiger partial charge on any atom is -0.454 e. The topological polar surface area (TPSA) is 70.4 Å². The van der Waals surface area contributed by atoms with Gasteiger partial charge in [-0.2, -0.15) is 0 Å². The minimum atomic E-state index is -0.532. The molecule has 6 nitrogen and oxygen atoms in total. The quantitative estimate of drug-likeness (QED) is 0.434. The number of ether oxygens (including phenoxy) is 2. The molecular weight excluding hydrogens is 392 g/mol. The maximum atomic E-state index is 12.8. The summed E-state index contributed by atoms with van der Waals surface area (Å²) in [5, 5.41) is 0.876. The van der Waals surface area contributed by atoms with Crippen LogP contribution in [0.3, 0.4) is 0 Å². The maximum absolute atomic E-state index is 12.8. The van der Waals surface area contributed by atoms with E-state index in [-0.39, 0.29) is 18.5 Å². The van der Waals surface area contributed by atoms with Gasteiger partial charge in [0.2, 0.25) is 5.78 Å². The van der Waals surface area contributed by atoms with Gasteiger partial charge in [0.05, 0.1) is 22.9 Å². The third-order valence-corrected chi connectivity index (χ3v) is 6.00. The molecule has 0 amide bonds. The lowest BCUT2D eigenvalue weighted by molar-refractivity contribution is 0.0473. The fraction of sp³-hybridized carbons (Fsp3) is 0.400. The molecule has 0 radical (unpaired) electrons. The molecular formula is C25H28N2O4. The van der Waals surface area contributed by atoms with Crippen LogP contribution in [0, 0.1) is 27.7 Å². The molecule has 0 N–H and O–H groups in total. The highest BCUT2D eigenvalue weighted by atomic mass is 16.5. The second-order valence-corrected chi connectivity index (χ2v) is 8.35. The average Bonchev–Trinajstić information content (AvgIpc) is 3.35. The van der Waals surface area contributed by atoms with E-state index in [4.69, 9.17) is 9.47 Å². The number of aromatic nitrogens is 2. The zero-order chi connectivity index (χ0) is 22.1. The third-order valence-electron chi connectivity index (χ3n) is 6.00. The summed E-state index contributed by atoms with van der Waals surface area (Å²) in [5.74, 6) is -0.739. The van der Waals surface area contributed by atoms with Crippen molar-refractivity contribution in [2.75, 3.05) is 13.2 Å². The molecule has 1 saturated heterocycles. The number of pyridine rings is 1. The van der Waals surface area contributed by atoms with Crippen LogP contribution in [-0.2, 0) is 16.0 Å². The van der Waals surface area contributed by atoms with E-state index in [2.05, 4.69) is 9.55 Å². The van der Waals surface area contributed by atoms with Crippen molar-refractivity contribution in [3.05, 3.63) is 64.1 Å². The Kier molecular flexibility index (Phi) is 5.92. The number of esters is 1. The summed E-state index contributed by atoms with van der Waals surface area (Å²) < 4.78 is 13.2. The van der Waals surface area contributed by atoms with Crippen molar-refractivity contribution in [2.45, 2.75) is 53.2 Å². The van der Waals surface area contributed by atoms with Crippen molar-refractivity contribution in [1.29, 1.82) is 0 Å². The summed E-state index contributed by atoms with van der Waals surface area (Å²) in [4.78, 5) is 30.0. The van der Waals surface area contributed by atoms with Gasteiger partial charge in [0.25, 0.3) is 0 Å². The Morgan fingerprint density at radius 2 is 1.94 bits per heavy atom. The molecule has 0 bridgehead atoms. The predicted molar refractivity (Wildman–Crippen MR) is 119 cm³/mol. The van der Waals surface area contributed by atoms with E-state index in [0.717, 1.165) is 53.8 Å². The van der Waals surface area contributed by atoms with E-state index >= 15 is 0 Å². The van der Waals surface area contributed by atoms with Crippen LogP contribution in [0.15, 0.2) is 30.3 Å². The molecule has 0 spiro atoms. The molecule has 0 aliphatic carbocycles. The van der Waals surface area contributed by atoms with E-state index in [9.17, 15) is 9.59 Å². The Balaban J connectivity index is 1.47. The van der Waals surface area contributed by atoms with Crippen molar-refractivity contribution < 1.29 is 19.1 Å². The van der Waals surface area contributed by atoms with Crippen LogP contribution < -0.4 is 0 Å². The molecule has 31 heavy (non-hydrogen) atoms. The fourth-order valence-electron chi connectivity index (χ4n) is 4.24. The number of aryl methyl sites for hydroxylation is 3. The van der Waals surface area contributed by atoms with Crippen LogP contribution in [0.5, 0.6) is 0 Å². The smallest absolute Gasteiger partial charge is 0.340 e. The van der Waals surface area contributed by atoms with Crippen molar-refractivity contribution in [1.82, 2.24) is 9.55 Å². The first kappa shape index (κ1) is 21.2. The number of carbonyl (C=O) groups excluding carboxylic acids is 2. The maximum Gasteiger partial charge on any atom is 0.340 e. The van der Waals surface area contributed by atoms with Crippen LogP contribution in [0.4, 0.5) is 0 Å². The van der Waals surface area contributed by atoms with Gasteiger partial charge in [-0.25, -0.2) is 4.79 Å². The number of ketones is 1. The van der Waals surface area contributed by atoms with Gasteiger partial charge in [0.1, 0.15) is 0 Å². The lowest BCUT2D eigenvalue weighted by Crippen LogP contribution is -2.18. The highest BCUT2D eigenvalue weighted by molar-refractivity contribution is 6.01. The molecule has 3 heterocycles. The Morgan fingerprint density at radius 3 is 2.68 bits per heavy atom. The molecule has 3 aromatic rings. The summed E-state index contributed by atoms with van der Waals surface area (Å²) in [6.45, 7) is 8.92. The number of carbonyl (C=O) groups is 2. The van der Waals surface area contributed by atoms with E-state index < -0.39 is 5.97 Å². The monoisotopic (exact) mass is 420 g/mol. The number of nitrogens with zero attached hydrogens (tertiary/aromatic N) is 2. The first-order valence-corrected chi connectivity index (χ1v) is 10.7. The molecule has 1 aliphatic heterocycles. The van der Waals surface area contributed by atoms with Gasteiger partial charge in [-0.3, -0.25) is 9.78 Å². The van der Waals surface area contributed by atoms with E-state index in [1.165, 1.54) is 0 Å². The number of benzene rings is 1. The van der Waals surface area contributed by atoms with Crippen LogP contribution in [0.1, 0.15) is 56.2 Å². The standard InChI is InChI=1S/C25H28N2O4/c1-15-7-8-23-19(10-15)12-21(17(3)26-23)25(29)31-14-24(28)22-11-16(2)27(18(22)4)13-20-6-5-9-30-20/h7-8,10-12,20H,5-6,9,13-14H2,1-4H3/t20-/m1/s1. The molecule has 1 aromatic carbocycles. The first-order chi connectivity index (χ1) is 14.8. The highest BCUT2D eigenvalue weighted by Gasteiger charge is 2.22. The molecule has 1 aliphatic rings. The molecule has 6 heteroatoms. The SMILES string of the molecule is Cc1ccc2nc(C)c(C(=O)OCC(=O)c3cc(C)n(C[C@H]4CCCO4)c3C)cc2c1. The number of rotatable bonds is 6. The lowest BCUT2D eigenvalue weighted by Gasteiger charge is -2.14. The molecule has 1 atom stereocenters. The third kappa shape index (κ3) is 4.39. The van der Waals surface area contributed by atoms with Crippen molar-refractivity contribution in [3.8, 4) is 0 Å². The highest BCUT2D eigenvalue weighted by Crippen LogP contribution is 2.22. The lowest BCUT2D eigenvalue weighted by atomic mass is 10.1. The molecule has 1 fully saturated rings. The Bertz CT molecular complexity index is 1160. The summed E-state index contributed by atoms with van der Waals surface area (Å²) in [6, 6.07) is 9.55. The van der Waals surface area contributed by atoms with E-state index in [0.29, 0.717) is 16.8 Å². The molecule has 0 unspecified atom stereocenters. The van der Waals surface area contributed by atoms with Crippen molar-refractivity contribution >= 4 is 22.7 Å². The van der Waals surface area contributed by atoms with Crippen molar-refractivity contribution in [2.24, 2.45) is 0 Å². The van der Waals surface area contributed by atoms with Gasteiger partial charge in [0, 0.05) is 35.5 Å². The second kappa shape index (κ2) is 8.63. The van der Waals surface area contributed by atoms with Crippen LogP contribution in [-0.4, -0.2) is 40.6 Å². The van der Waals surface area contributed by atoms with Gasteiger partial charge in [-0.15, -0.1) is 0 Å². The van der Waals surface area contributed by atoms with Gasteiger partial charge in [-0.1, -0.05) is 11.6 Å². The predicted octanol–water partition coefficient (Wildman–Crippen LogP) is 4.49. The van der Waals surface area contributed by atoms with Gasteiger partial charge in [-0.05, 0) is 64.8 Å². The zero-order valence-corrected chi connectivity index (χ0v) is 18.5. The zero-order valence-electron chi connectivity index (χ0n) is 18.5. The Hall–Kier alpha value is -2.99. The molecule has 4 rings (SSSR count).